The summed E-state index contributed by atoms with van der Waals surface area (Å²) in [6.07, 6.45) is 3.76. The fourth-order valence-corrected chi connectivity index (χ4v) is 3.73. The van der Waals surface area contributed by atoms with Crippen molar-refractivity contribution in [1.82, 2.24) is 10.2 Å². The van der Waals surface area contributed by atoms with Crippen LogP contribution in [0.15, 0.2) is 30.3 Å². The Balaban J connectivity index is 0.00000450. The average molecular weight is 442 g/mol. The van der Waals surface area contributed by atoms with Crippen molar-refractivity contribution in [3.05, 3.63) is 35.9 Å². The van der Waals surface area contributed by atoms with Crippen molar-refractivity contribution in [2.75, 3.05) is 13.1 Å². The number of hydrogen-bond acceptors (Lipinski definition) is 5. The molecule has 0 radical (unpaired) electrons. The summed E-state index contributed by atoms with van der Waals surface area (Å²) in [5.74, 6) is -2.37. The minimum atomic E-state index is -1.02. The van der Waals surface area contributed by atoms with E-state index in [4.69, 9.17) is 5.73 Å². The Morgan fingerprint density at radius 3 is 2.32 bits per heavy atom. The molecule has 176 valence electrons. The lowest BCUT2D eigenvalue weighted by Crippen LogP contribution is -2.54. The number of carbonyl (C=O) groups is 3. The van der Waals surface area contributed by atoms with E-state index in [1.54, 1.807) is 0 Å². The molecule has 0 spiro atoms. The lowest BCUT2D eigenvalue weighted by atomic mass is 10.0. The van der Waals surface area contributed by atoms with Crippen LogP contribution in [0.2, 0.25) is 0 Å². The van der Waals surface area contributed by atoms with Crippen molar-refractivity contribution >= 4 is 17.8 Å². The molecule has 3 atom stereocenters. The van der Waals surface area contributed by atoms with E-state index in [9.17, 15) is 24.6 Å². The Kier molecular flexibility index (Phi) is 13.3. The molecule has 10 heteroatoms. The predicted octanol–water partition coefficient (Wildman–Crippen LogP) is -0.414. The first kappa shape index (κ1) is 28.5. The molecule has 1 aromatic rings. The Morgan fingerprint density at radius 1 is 1.06 bits per heavy atom. The van der Waals surface area contributed by atoms with Crippen LogP contribution in [0.5, 0.6) is 0 Å². The number of hydrogen-bond donors (Lipinski definition) is 4. The van der Waals surface area contributed by atoms with Gasteiger partial charge in [-0.3, -0.25) is 14.9 Å². The van der Waals surface area contributed by atoms with Gasteiger partial charge in [-0.15, -0.1) is 0 Å². The normalized spacial score (nSPS) is 17.2. The Morgan fingerprint density at radius 2 is 1.74 bits per heavy atom. The monoisotopic (exact) mass is 441 g/mol. The number of benzene rings is 1. The van der Waals surface area contributed by atoms with Gasteiger partial charge in [0.15, 0.2) is 0 Å². The molecule has 1 aliphatic heterocycles. The number of amides is 1. The molecular weight excluding hydrogens is 406 g/mol. The number of nitrogens with zero attached hydrogens (tertiary/aromatic N) is 1. The second-order valence-corrected chi connectivity index (χ2v) is 7.45. The number of likely N-dealkylation sites (tertiary alicyclic amines) is 1. The van der Waals surface area contributed by atoms with Crippen molar-refractivity contribution in [3.8, 4) is 0 Å². The van der Waals surface area contributed by atoms with Gasteiger partial charge in [-0.2, -0.15) is 0 Å². The van der Waals surface area contributed by atoms with Crippen LogP contribution in [0.1, 0.15) is 44.1 Å². The molecule has 1 heterocycles. The third-order valence-electron chi connectivity index (χ3n) is 5.33. The lowest BCUT2D eigenvalue weighted by Gasteiger charge is -2.29. The number of nitrogens with two attached hydrogens (primary N) is 1. The van der Waals surface area contributed by atoms with Crippen molar-refractivity contribution in [3.63, 3.8) is 0 Å². The zero-order chi connectivity index (χ0) is 21.2. The highest BCUT2D eigenvalue weighted by molar-refractivity contribution is 5.88. The lowest BCUT2D eigenvalue weighted by molar-refractivity contribution is -0.149. The summed E-state index contributed by atoms with van der Waals surface area (Å²) in [5.41, 5.74) is 6.57. The summed E-state index contributed by atoms with van der Waals surface area (Å²) in [7, 11) is 0. The van der Waals surface area contributed by atoms with Crippen LogP contribution >= 0.6 is 0 Å². The van der Waals surface area contributed by atoms with Gasteiger partial charge >= 0.3 is 11.9 Å². The third-order valence-corrected chi connectivity index (χ3v) is 5.33. The number of carboxylic acids is 2. The van der Waals surface area contributed by atoms with Gasteiger partial charge in [0.1, 0.15) is 12.1 Å². The number of nitrogens with one attached hydrogen (secondary N) is 1. The molecule has 0 saturated carbocycles. The zero-order valence-electron chi connectivity index (χ0n) is 17.6. The van der Waals surface area contributed by atoms with E-state index in [1.165, 1.54) is 4.90 Å². The number of unbranched alkanes of at least 4 members (excludes halogenated alkanes) is 1. The van der Waals surface area contributed by atoms with E-state index in [-0.39, 0.29) is 16.9 Å². The van der Waals surface area contributed by atoms with Gasteiger partial charge in [-0.05, 0) is 50.6 Å². The van der Waals surface area contributed by atoms with Gasteiger partial charge in [0.25, 0.3) is 0 Å². The van der Waals surface area contributed by atoms with Crippen LogP contribution < -0.4 is 11.1 Å². The number of aliphatic carboxylic acids is 2. The van der Waals surface area contributed by atoms with Gasteiger partial charge in [0, 0.05) is 6.54 Å². The van der Waals surface area contributed by atoms with E-state index in [1.807, 2.05) is 30.3 Å². The molecule has 0 aromatic heterocycles. The number of carboxylic acid groups (broad SMARTS) is 2. The number of carbonyl (C=O) groups excluding carboxylic acids is 1. The number of aryl methyl sites for hydroxylation is 1. The van der Waals surface area contributed by atoms with Gasteiger partial charge in [0.05, 0.1) is 6.04 Å². The summed E-state index contributed by atoms with van der Waals surface area (Å²) in [4.78, 5) is 37.7. The average Bonchev–Trinajstić information content (AvgIpc) is 3.20. The Bertz CT molecular complexity index is 687. The van der Waals surface area contributed by atoms with E-state index in [0.29, 0.717) is 51.6 Å². The highest BCUT2D eigenvalue weighted by Gasteiger charge is 2.38. The zero-order valence-corrected chi connectivity index (χ0v) is 17.6. The number of rotatable bonds is 12. The highest BCUT2D eigenvalue weighted by Crippen LogP contribution is 2.20. The van der Waals surface area contributed by atoms with Gasteiger partial charge in [-0.25, -0.2) is 4.79 Å². The molecule has 10 nitrogen and oxygen atoms in total. The first-order valence-electron chi connectivity index (χ1n) is 10.2. The maximum absolute atomic E-state index is 13.1. The van der Waals surface area contributed by atoms with Crippen LogP contribution in [0, 0.1) is 0 Å². The van der Waals surface area contributed by atoms with Crippen molar-refractivity contribution in [2.24, 2.45) is 5.73 Å². The summed E-state index contributed by atoms with van der Waals surface area (Å²) >= 11 is 0. The molecule has 1 amide bonds. The highest BCUT2D eigenvalue weighted by atomic mass is 16.4. The van der Waals surface area contributed by atoms with E-state index < -0.39 is 30.1 Å². The van der Waals surface area contributed by atoms with Gasteiger partial charge < -0.3 is 31.8 Å². The van der Waals surface area contributed by atoms with E-state index in [0.717, 1.165) is 12.0 Å². The minimum absolute atomic E-state index is 0. The summed E-state index contributed by atoms with van der Waals surface area (Å²) < 4.78 is 0. The van der Waals surface area contributed by atoms with Crippen LogP contribution in [0.3, 0.4) is 0 Å². The van der Waals surface area contributed by atoms with Crippen LogP contribution in [0.25, 0.3) is 0 Å². The topological polar surface area (TPSA) is 196 Å². The van der Waals surface area contributed by atoms with Gasteiger partial charge in [0.2, 0.25) is 5.91 Å². The quantitative estimate of drug-likeness (QED) is 0.316. The predicted molar refractivity (Wildman–Crippen MR) is 116 cm³/mol. The van der Waals surface area contributed by atoms with Crippen molar-refractivity contribution in [1.29, 1.82) is 0 Å². The summed E-state index contributed by atoms with van der Waals surface area (Å²) in [6, 6.07) is 7.10. The largest absolute Gasteiger partial charge is 0.480 e. The first-order chi connectivity index (χ1) is 13.9. The first-order valence-corrected chi connectivity index (χ1v) is 10.2. The van der Waals surface area contributed by atoms with Crippen molar-refractivity contribution in [2.45, 2.75) is 63.1 Å². The maximum atomic E-state index is 13.1. The van der Waals surface area contributed by atoms with Gasteiger partial charge in [-0.1, -0.05) is 36.8 Å². The fourth-order valence-electron chi connectivity index (χ4n) is 3.73. The summed E-state index contributed by atoms with van der Waals surface area (Å²) in [5, 5.41) is 22.0. The Labute approximate surface area is 182 Å². The molecule has 0 bridgehead atoms. The molecule has 3 unspecified atom stereocenters. The smallest absolute Gasteiger partial charge is 0.326 e. The fraction of sp³-hybridized carbons (Fsp3) is 0.571. The van der Waals surface area contributed by atoms with E-state index >= 15 is 0 Å². The third kappa shape index (κ3) is 8.62. The van der Waals surface area contributed by atoms with E-state index in [2.05, 4.69) is 5.32 Å². The Hall–Kier alpha value is -2.53. The molecule has 1 aromatic carbocycles. The summed E-state index contributed by atoms with van der Waals surface area (Å²) in [6.45, 7) is 0.866. The molecule has 1 fully saturated rings. The molecular formula is C21H35N3O7. The molecule has 31 heavy (non-hydrogen) atoms. The molecule has 0 aliphatic carbocycles. The standard InChI is InChI=1S/C21H31N3O5.2H2O/c22-13-5-4-9-16(19(25)24-14-6-10-18(24)21(28)29)23-17(20(26)27)12-11-15-7-2-1-3-8-15;;/h1-3,7-8,16-18,23H,4-6,9-14,22H2,(H,26,27)(H,28,29);2*1H2. The minimum Gasteiger partial charge on any atom is -0.480 e. The second-order valence-electron chi connectivity index (χ2n) is 7.45. The van der Waals surface area contributed by atoms with Crippen LogP contribution in [-0.2, 0) is 20.8 Å². The molecule has 1 saturated heterocycles. The maximum Gasteiger partial charge on any atom is 0.326 e. The van der Waals surface area contributed by atoms with Crippen LogP contribution in [-0.4, -0.2) is 75.1 Å². The molecule has 9 N–H and O–H groups in total. The van der Waals surface area contributed by atoms with Crippen molar-refractivity contribution < 1.29 is 35.5 Å². The molecule has 1 aliphatic rings. The van der Waals surface area contributed by atoms with Crippen LogP contribution in [0.4, 0.5) is 0 Å². The SMILES string of the molecule is NCCCCC(NC(CCc1ccccc1)C(=O)O)C(=O)N1CCCC1C(=O)O.O.O. The second kappa shape index (κ2) is 14.5. The molecule has 2 rings (SSSR count).